The lowest BCUT2D eigenvalue weighted by atomic mass is 9.82. The average molecular weight is 263 g/mol. The monoisotopic (exact) mass is 263 g/mol. The number of hydrogen-bond acceptors (Lipinski definition) is 3. The van der Waals surface area contributed by atoms with Crippen molar-refractivity contribution in [2.75, 3.05) is 13.2 Å². The number of nitrogens with two attached hydrogens (primary N) is 1. The second kappa shape index (κ2) is 6.57. The Labute approximate surface area is 113 Å². The number of hydrogen-bond donors (Lipinski definition) is 2. The summed E-state index contributed by atoms with van der Waals surface area (Å²) < 4.78 is 5.63. The molecule has 0 saturated heterocycles. The van der Waals surface area contributed by atoms with Gasteiger partial charge in [0, 0.05) is 6.42 Å². The van der Waals surface area contributed by atoms with E-state index in [4.69, 9.17) is 15.6 Å². The maximum Gasteiger partial charge on any atom is 0.303 e. The van der Waals surface area contributed by atoms with Crippen LogP contribution in [0.4, 0.5) is 0 Å². The summed E-state index contributed by atoms with van der Waals surface area (Å²) in [6.45, 7) is 1.26. The second-order valence-electron chi connectivity index (χ2n) is 5.13. The summed E-state index contributed by atoms with van der Waals surface area (Å²) in [7, 11) is 0. The second-order valence-corrected chi connectivity index (χ2v) is 5.13. The van der Waals surface area contributed by atoms with Crippen LogP contribution in [0.15, 0.2) is 18.2 Å². The van der Waals surface area contributed by atoms with Gasteiger partial charge in [0.15, 0.2) is 0 Å². The van der Waals surface area contributed by atoms with E-state index < -0.39 is 5.97 Å². The largest absolute Gasteiger partial charge is 0.494 e. The molecule has 0 spiro atoms. The number of carboxylic acids is 1. The molecule has 19 heavy (non-hydrogen) atoms. The van der Waals surface area contributed by atoms with E-state index in [1.807, 2.05) is 6.07 Å². The molecule has 1 aliphatic carbocycles. The number of aryl methyl sites for hydroxylation is 1. The minimum atomic E-state index is -0.705. The van der Waals surface area contributed by atoms with Crippen molar-refractivity contribution in [1.82, 2.24) is 0 Å². The zero-order valence-corrected chi connectivity index (χ0v) is 11.1. The quantitative estimate of drug-likeness (QED) is 0.770. The van der Waals surface area contributed by atoms with Gasteiger partial charge in [-0.15, -0.1) is 0 Å². The van der Waals surface area contributed by atoms with Gasteiger partial charge < -0.3 is 15.6 Å². The fourth-order valence-electron chi connectivity index (χ4n) is 2.59. The maximum atomic E-state index is 10.8. The SMILES string of the molecule is NCCCOc1ccc2c(c1)CC(CC(=O)O)CC2. The molecular formula is C15H21NO3. The van der Waals surface area contributed by atoms with Crippen LogP contribution in [0.5, 0.6) is 5.75 Å². The number of carboxylic acid groups (broad SMARTS) is 1. The number of carbonyl (C=O) groups is 1. The smallest absolute Gasteiger partial charge is 0.303 e. The van der Waals surface area contributed by atoms with Crippen LogP contribution in [-0.4, -0.2) is 24.2 Å². The Hall–Kier alpha value is -1.55. The van der Waals surface area contributed by atoms with E-state index in [2.05, 4.69) is 12.1 Å². The van der Waals surface area contributed by atoms with Gasteiger partial charge in [-0.05, 0) is 61.4 Å². The van der Waals surface area contributed by atoms with Gasteiger partial charge in [-0.1, -0.05) is 6.07 Å². The van der Waals surface area contributed by atoms with Gasteiger partial charge in [0.25, 0.3) is 0 Å². The van der Waals surface area contributed by atoms with Crippen LogP contribution in [0.1, 0.15) is 30.4 Å². The molecule has 1 unspecified atom stereocenters. The number of ether oxygens (including phenoxy) is 1. The Bertz CT molecular complexity index is 445. The highest BCUT2D eigenvalue weighted by Crippen LogP contribution is 2.30. The third-order valence-electron chi connectivity index (χ3n) is 3.59. The third-order valence-corrected chi connectivity index (χ3v) is 3.59. The topological polar surface area (TPSA) is 72.5 Å². The predicted octanol–water partition coefficient (Wildman–Crippen LogP) is 1.99. The highest BCUT2D eigenvalue weighted by atomic mass is 16.5. The maximum absolute atomic E-state index is 10.8. The van der Waals surface area contributed by atoms with Gasteiger partial charge in [-0.3, -0.25) is 4.79 Å². The molecule has 0 saturated carbocycles. The summed E-state index contributed by atoms with van der Waals surface area (Å²) >= 11 is 0. The van der Waals surface area contributed by atoms with E-state index >= 15 is 0 Å². The zero-order valence-electron chi connectivity index (χ0n) is 11.1. The number of rotatable bonds is 6. The summed E-state index contributed by atoms with van der Waals surface area (Å²) in [5.74, 6) is 0.413. The molecule has 0 radical (unpaired) electrons. The van der Waals surface area contributed by atoms with E-state index in [0.29, 0.717) is 13.2 Å². The highest BCUT2D eigenvalue weighted by Gasteiger charge is 2.21. The molecule has 0 amide bonds. The Morgan fingerprint density at radius 3 is 3.00 bits per heavy atom. The van der Waals surface area contributed by atoms with E-state index in [1.54, 1.807) is 0 Å². The first-order chi connectivity index (χ1) is 9.19. The van der Waals surface area contributed by atoms with Crippen molar-refractivity contribution in [3.05, 3.63) is 29.3 Å². The molecule has 1 aromatic rings. The predicted molar refractivity (Wildman–Crippen MR) is 73.4 cm³/mol. The first-order valence-electron chi connectivity index (χ1n) is 6.85. The number of benzene rings is 1. The molecule has 0 aliphatic heterocycles. The van der Waals surface area contributed by atoms with Gasteiger partial charge >= 0.3 is 5.97 Å². The molecule has 0 fully saturated rings. The van der Waals surface area contributed by atoms with Gasteiger partial charge in [-0.2, -0.15) is 0 Å². The normalized spacial score (nSPS) is 17.8. The number of fused-ring (bicyclic) bond motifs is 1. The average Bonchev–Trinajstić information content (AvgIpc) is 2.38. The first-order valence-corrected chi connectivity index (χ1v) is 6.85. The highest BCUT2D eigenvalue weighted by molar-refractivity contribution is 5.67. The fraction of sp³-hybridized carbons (Fsp3) is 0.533. The van der Waals surface area contributed by atoms with E-state index in [-0.39, 0.29) is 12.3 Å². The summed E-state index contributed by atoms with van der Waals surface area (Å²) in [6.07, 6.45) is 3.88. The van der Waals surface area contributed by atoms with Crippen LogP contribution >= 0.6 is 0 Å². The Balaban J connectivity index is 2.00. The molecule has 1 atom stereocenters. The van der Waals surface area contributed by atoms with Crippen molar-refractivity contribution < 1.29 is 14.6 Å². The molecule has 4 nitrogen and oxygen atoms in total. The van der Waals surface area contributed by atoms with Crippen LogP contribution in [0.2, 0.25) is 0 Å². The Morgan fingerprint density at radius 1 is 1.42 bits per heavy atom. The van der Waals surface area contributed by atoms with Crippen molar-refractivity contribution in [3.63, 3.8) is 0 Å². The van der Waals surface area contributed by atoms with Crippen molar-refractivity contribution in [3.8, 4) is 5.75 Å². The Kier molecular flexibility index (Phi) is 4.80. The molecule has 3 N–H and O–H groups in total. The molecule has 1 aromatic carbocycles. The fourth-order valence-corrected chi connectivity index (χ4v) is 2.59. The van der Waals surface area contributed by atoms with E-state index in [9.17, 15) is 4.79 Å². The van der Waals surface area contributed by atoms with Gasteiger partial charge in [0.1, 0.15) is 5.75 Å². The Morgan fingerprint density at radius 2 is 2.26 bits per heavy atom. The summed E-state index contributed by atoms with van der Waals surface area (Å²) in [4.78, 5) is 10.8. The van der Waals surface area contributed by atoms with Gasteiger partial charge in [0.05, 0.1) is 6.61 Å². The summed E-state index contributed by atoms with van der Waals surface area (Å²) in [5.41, 5.74) is 8.00. The van der Waals surface area contributed by atoms with Gasteiger partial charge in [0.2, 0.25) is 0 Å². The van der Waals surface area contributed by atoms with Crippen LogP contribution in [0.25, 0.3) is 0 Å². The van der Waals surface area contributed by atoms with E-state index in [0.717, 1.165) is 31.4 Å². The molecule has 104 valence electrons. The lowest BCUT2D eigenvalue weighted by Crippen LogP contribution is -2.17. The van der Waals surface area contributed by atoms with Crippen molar-refractivity contribution >= 4 is 5.97 Å². The minimum absolute atomic E-state index is 0.254. The lowest BCUT2D eigenvalue weighted by Gasteiger charge is -2.24. The van der Waals surface area contributed by atoms with E-state index in [1.165, 1.54) is 11.1 Å². The van der Waals surface area contributed by atoms with Crippen LogP contribution < -0.4 is 10.5 Å². The zero-order chi connectivity index (χ0) is 13.7. The molecular weight excluding hydrogens is 242 g/mol. The summed E-state index contributed by atoms with van der Waals surface area (Å²) in [5, 5.41) is 8.88. The molecule has 0 heterocycles. The van der Waals surface area contributed by atoms with Crippen LogP contribution in [-0.2, 0) is 17.6 Å². The minimum Gasteiger partial charge on any atom is -0.494 e. The van der Waals surface area contributed by atoms with Crippen LogP contribution in [0.3, 0.4) is 0 Å². The lowest BCUT2D eigenvalue weighted by molar-refractivity contribution is -0.138. The van der Waals surface area contributed by atoms with Crippen molar-refractivity contribution in [2.24, 2.45) is 11.7 Å². The van der Waals surface area contributed by atoms with Crippen molar-refractivity contribution in [1.29, 1.82) is 0 Å². The summed E-state index contributed by atoms with van der Waals surface area (Å²) in [6, 6.07) is 6.15. The van der Waals surface area contributed by atoms with Crippen molar-refractivity contribution in [2.45, 2.75) is 32.1 Å². The third kappa shape index (κ3) is 3.96. The van der Waals surface area contributed by atoms with Gasteiger partial charge in [-0.25, -0.2) is 0 Å². The first kappa shape index (κ1) is 13.9. The molecule has 0 aromatic heterocycles. The molecule has 1 aliphatic rings. The van der Waals surface area contributed by atoms with Crippen LogP contribution in [0, 0.1) is 5.92 Å². The molecule has 0 bridgehead atoms. The standard InChI is InChI=1S/C15H21NO3/c16-6-1-7-19-14-5-4-12-3-2-11(9-15(17)18)8-13(12)10-14/h4-5,10-11H,1-3,6-9,16H2,(H,17,18). The molecule has 4 heteroatoms. The number of aliphatic carboxylic acids is 1. The molecule has 2 rings (SSSR count).